The third kappa shape index (κ3) is 3.94. The predicted molar refractivity (Wildman–Crippen MR) is 81.8 cm³/mol. The maximum absolute atomic E-state index is 10.9. The van der Waals surface area contributed by atoms with Gasteiger partial charge in [0.1, 0.15) is 6.04 Å². The van der Waals surface area contributed by atoms with Gasteiger partial charge in [-0.3, -0.25) is 14.9 Å². The molecule has 110 valence electrons. The molecule has 6 nitrogen and oxygen atoms in total. The minimum absolute atomic E-state index is 0.0107. The zero-order chi connectivity index (χ0) is 15.5. The first-order valence-corrected chi connectivity index (χ1v) is 7.49. The van der Waals surface area contributed by atoms with Crippen LogP contribution in [0.4, 0.5) is 5.69 Å². The summed E-state index contributed by atoms with van der Waals surface area (Å²) in [5, 5.41) is 19.8. The maximum atomic E-state index is 10.9. The Balaban J connectivity index is 2.88. The van der Waals surface area contributed by atoms with Gasteiger partial charge in [0.2, 0.25) is 0 Å². The lowest BCUT2D eigenvalue weighted by molar-refractivity contribution is -0.385. The van der Waals surface area contributed by atoms with Crippen LogP contribution in [0.25, 0.3) is 0 Å². The summed E-state index contributed by atoms with van der Waals surface area (Å²) in [6.07, 6.45) is 0. The number of rotatable bonds is 6. The molecule has 0 saturated carbocycles. The van der Waals surface area contributed by atoms with Crippen LogP contribution in [0, 0.1) is 10.1 Å². The smallest absolute Gasteiger partial charge is 0.321 e. The number of thioether (sulfide) groups is 1. The van der Waals surface area contributed by atoms with Crippen LogP contribution in [0.3, 0.4) is 0 Å². The molecule has 3 N–H and O–H groups in total. The Morgan fingerprint density at radius 3 is 2.70 bits per heavy atom. The number of nitrogens with two attached hydrogens (primary N) is 1. The third-order valence-electron chi connectivity index (χ3n) is 2.87. The van der Waals surface area contributed by atoms with E-state index in [9.17, 15) is 14.9 Å². The van der Waals surface area contributed by atoms with Crippen molar-refractivity contribution in [1.82, 2.24) is 0 Å². The maximum Gasteiger partial charge on any atom is 0.321 e. The van der Waals surface area contributed by atoms with Gasteiger partial charge in [-0.1, -0.05) is 12.1 Å². The van der Waals surface area contributed by atoms with Crippen molar-refractivity contribution in [3.63, 3.8) is 0 Å². The number of carboxylic acids is 1. The van der Waals surface area contributed by atoms with Crippen LogP contribution >= 0.6 is 27.7 Å². The topological polar surface area (TPSA) is 106 Å². The van der Waals surface area contributed by atoms with Gasteiger partial charge in [-0.25, -0.2) is 0 Å². The molecule has 0 aliphatic carbocycles. The molecule has 0 amide bonds. The predicted octanol–water partition coefficient (Wildman–Crippen LogP) is 2.78. The molecular weight excluding hydrogens is 348 g/mol. The summed E-state index contributed by atoms with van der Waals surface area (Å²) < 4.78 is -0.271. The van der Waals surface area contributed by atoms with E-state index in [1.807, 2.05) is 0 Å². The molecule has 0 unspecified atom stereocenters. The molecule has 0 saturated heterocycles. The van der Waals surface area contributed by atoms with Gasteiger partial charge in [-0.2, -0.15) is 0 Å². The van der Waals surface area contributed by atoms with Crippen molar-refractivity contribution >= 4 is 39.3 Å². The Morgan fingerprint density at radius 1 is 1.60 bits per heavy atom. The van der Waals surface area contributed by atoms with Gasteiger partial charge in [0, 0.05) is 16.6 Å². The number of hydrogen-bond donors (Lipinski definition) is 2. The fourth-order valence-corrected chi connectivity index (χ4v) is 3.25. The van der Waals surface area contributed by atoms with Crippen molar-refractivity contribution in [3.8, 4) is 0 Å². The van der Waals surface area contributed by atoms with E-state index in [0.717, 1.165) is 5.56 Å². The SMILES string of the molecule is CC(C)(SCc1cccc([N+](=O)[O-])c1Br)[C@H](N)C(=O)O. The number of hydrogen-bond acceptors (Lipinski definition) is 5. The summed E-state index contributed by atoms with van der Waals surface area (Å²) in [5.74, 6) is -0.642. The van der Waals surface area contributed by atoms with Crippen molar-refractivity contribution in [2.24, 2.45) is 5.73 Å². The van der Waals surface area contributed by atoms with E-state index in [1.54, 1.807) is 26.0 Å². The molecule has 20 heavy (non-hydrogen) atoms. The molecule has 8 heteroatoms. The highest BCUT2D eigenvalue weighted by atomic mass is 79.9. The van der Waals surface area contributed by atoms with Crippen molar-refractivity contribution in [2.75, 3.05) is 0 Å². The van der Waals surface area contributed by atoms with Crippen LogP contribution in [-0.4, -0.2) is 26.8 Å². The summed E-state index contributed by atoms with van der Waals surface area (Å²) in [7, 11) is 0. The number of halogens is 1. The van der Waals surface area contributed by atoms with Gasteiger partial charge in [-0.15, -0.1) is 11.8 Å². The van der Waals surface area contributed by atoms with Gasteiger partial charge >= 0.3 is 5.97 Å². The standard InChI is InChI=1S/C12H15BrN2O4S/c1-12(2,10(14)11(16)17)20-6-7-4-3-5-8(9(7)13)15(18)19/h3-5,10H,6,14H2,1-2H3,(H,16,17)/t10-/m1/s1. The van der Waals surface area contributed by atoms with Gasteiger partial charge < -0.3 is 10.8 Å². The molecule has 1 aromatic carbocycles. The monoisotopic (exact) mass is 362 g/mol. The van der Waals surface area contributed by atoms with Crippen LogP contribution in [0.2, 0.25) is 0 Å². The average molecular weight is 363 g/mol. The summed E-state index contributed by atoms with van der Waals surface area (Å²) in [5.41, 5.74) is 6.35. The Kier molecular flexibility index (Phi) is 5.55. The zero-order valence-electron chi connectivity index (χ0n) is 11.0. The summed E-state index contributed by atoms with van der Waals surface area (Å²) in [4.78, 5) is 21.3. The molecule has 0 aliphatic rings. The number of carbonyl (C=O) groups is 1. The lowest BCUT2D eigenvalue weighted by atomic mass is 10.1. The van der Waals surface area contributed by atoms with Crippen molar-refractivity contribution in [3.05, 3.63) is 38.3 Å². The Labute approximate surface area is 129 Å². The second kappa shape index (κ2) is 6.55. The summed E-state index contributed by atoms with van der Waals surface area (Å²) >= 11 is 4.56. The second-order valence-corrected chi connectivity index (χ2v) is 7.14. The Hall–Kier alpha value is -1.12. The highest BCUT2D eigenvalue weighted by Crippen LogP contribution is 2.35. The third-order valence-corrected chi connectivity index (χ3v) is 5.24. The minimum Gasteiger partial charge on any atom is -0.480 e. The molecule has 0 spiro atoms. The van der Waals surface area contributed by atoms with Crippen molar-refractivity contribution < 1.29 is 14.8 Å². The highest BCUT2D eigenvalue weighted by molar-refractivity contribution is 9.10. The summed E-state index contributed by atoms with van der Waals surface area (Å²) in [6.45, 7) is 3.48. The number of benzene rings is 1. The molecule has 0 aromatic heterocycles. The normalized spacial score (nSPS) is 13.0. The second-order valence-electron chi connectivity index (χ2n) is 4.72. The highest BCUT2D eigenvalue weighted by Gasteiger charge is 2.32. The molecule has 0 fully saturated rings. The van der Waals surface area contributed by atoms with E-state index < -0.39 is 21.7 Å². The molecule has 1 rings (SSSR count). The first-order chi connectivity index (χ1) is 9.16. The Bertz CT molecular complexity index is 536. The van der Waals surface area contributed by atoms with Gasteiger partial charge in [0.15, 0.2) is 0 Å². The molecule has 0 radical (unpaired) electrons. The van der Waals surface area contributed by atoms with Gasteiger partial charge in [0.05, 0.1) is 9.40 Å². The number of nitrogens with zero attached hydrogens (tertiary/aromatic N) is 1. The fourth-order valence-electron chi connectivity index (χ4n) is 1.47. The molecule has 0 heterocycles. The minimum atomic E-state index is -1.07. The van der Waals surface area contributed by atoms with Gasteiger partial charge in [0.25, 0.3) is 5.69 Å². The molecule has 0 aliphatic heterocycles. The first kappa shape index (κ1) is 16.9. The number of aliphatic carboxylic acids is 1. The van der Waals surface area contributed by atoms with E-state index in [0.29, 0.717) is 10.2 Å². The van der Waals surface area contributed by atoms with E-state index in [1.165, 1.54) is 17.8 Å². The lowest BCUT2D eigenvalue weighted by Gasteiger charge is -2.28. The van der Waals surface area contributed by atoms with Crippen molar-refractivity contribution in [2.45, 2.75) is 30.4 Å². The fraction of sp³-hybridized carbons (Fsp3) is 0.417. The van der Waals surface area contributed by atoms with Crippen LogP contribution in [0.5, 0.6) is 0 Å². The largest absolute Gasteiger partial charge is 0.480 e. The Morgan fingerprint density at radius 2 is 2.20 bits per heavy atom. The van der Waals surface area contributed by atoms with E-state index >= 15 is 0 Å². The quantitative estimate of drug-likeness (QED) is 0.595. The van der Waals surface area contributed by atoms with E-state index in [4.69, 9.17) is 10.8 Å². The first-order valence-electron chi connectivity index (χ1n) is 5.71. The van der Waals surface area contributed by atoms with Crippen LogP contribution < -0.4 is 5.73 Å². The van der Waals surface area contributed by atoms with E-state index in [2.05, 4.69) is 15.9 Å². The molecule has 1 atom stereocenters. The number of nitro groups is 1. The molecular formula is C12H15BrN2O4S. The molecule has 1 aromatic rings. The number of carboxylic acid groups (broad SMARTS) is 1. The van der Waals surface area contributed by atoms with E-state index in [-0.39, 0.29) is 5.69 Å². The van der Waals surface area contributed by atoms with Gasteiger partial charge in [-0.05, 0) is 35.3 Å². The average Bonchev–Trinajstić information content (AvgIpc) is 2.36. The number of nitro benzene ring substituents is 1. The lowest BCUT2D eigenvalue weighted by Crippen LogP contribution is -2.46. The van der Waals surface area contributed by atoms with Crippen LogP contribution in [0.15, 0.2) is 22.7 Å². The van der Waals surface area contributed by atoms with Crippen LogP contribution in [0.1, 0.15) is 19.4 Å². The molecule has 0 bridgehead atoms. The van der Waals surface area contributed by atoms with Crippen LogP contribution in [-0.2, 0) is 10.5 Å². The summed E-state index contributed by atoms with van der Waals surface area (Å²) in [6, 6.07) is 3.76. The van der Waals surface area contributed by atoms with Crippen molar-refractivity contribution in [1.29, 1.82) is 0 Å². The zero-order valence-corrected chi connectivity index (χ0v) is 13.4.